The minimum absolute atomic E-state index is 0.148. The lowest BCUT2D eigenvalue weighted by atomic mass is 9.81. The molecule has 19 heavy (non-hydrogen) atoms. The predicted molar refractivity (Wildman–Crippen MR) is 82.3 cm³/mol. The van der Waals surface area contributed by atoms with E-state index in [1.165, 1.54) is 5.56 Å². The van der Waals surface area contributed by atoms with E-state index in [-0.39, 0.29) is 11.3 Å². The quantitative estimate of drug-likeness (QED) is 0.890. The third kappa shape index (κ3) is 3.18. The van der Waals surface area contributed by atoms with Crippen LogP contribution in [-0.4, -0.2) is 19.0 Å². The Morgan fingerprint density at radius 2 is 2.32 bits per heavy atom. The molecular weight excluding hydrogens is 304 g/mol. The lowest BCUT2D eigenvalue weighted by Crippen LogP contribution is -2.38. The fourth-order valence-corrected chi connectivity index (χ4v) is 3.06. The second kappa shape index (κ2) is 6.06. The minimum atomic E-state index is -0.230. The van der Waals surface area contributed by atoms with E-state index in [0.717, 1.165) is 42.5 Å². The SMILES string of the molecule is CCCC1(C(=O)Nc2ccc(C)c(Br)c2)CCNC1. The molecule has 1 aromatic rings. The highest BCUT2D eigenvalue weighted by atomic mass is 79.9. The molecule has 0 aromatic heterocycles. The van der Waals surface area contributed by atoms with Crippen LogP contribution >= 0.6 is 15.9 Å². The molecule has 1 saturated heterocycles. The summed E-state index contributed by atoms with van der Waals surface area (Å²) in [6.07, 6.45) is 2.91. The normalized spacial score (nSPS) is 22.5. The molecule has 4 heteroatoms. The molecule has 0 bridgehead atoms. The van der Waals surface area contributed by atoms with Crippen LogP contribution in [0.3, 0.4) is 0 Å². The highest BCUT2D eigenvalue weighted by Gasteiger charge is 2.40. The molecule has 1 aliphatic heterocycles. The molecule has 3 nitrogen and oxygen atoms in total. The lowest BCUT2D eigenvalue weighted by Gasteiger charge is -2.26. The maximum atomic E-state index is 12.6. The van der Waals surface area contributed by atoms with Crippen LogP contribution in [0.5, 0.6) is 0 Å². The van der Waals surface area contributed by atoms with Gasteiger partial charge in [-0.25, -0.2) is 0 Å². The van der Waals surface area contributed by atoms with E-state index in [2.05, 4.69) is 33.5 Å². The van der Waals surface area contributed by atoms with E-state index >= 15 is 0 Å². The van der Waals surface area contributed by atoms with E-state index in [0.29, 0.717) is 0 Å². The Hall–Kier alpha value is -0.870. The van der Waals surface area contributed by atoms with Gasteiger partial charge in [-0.15, -0.1) is 0 Å². The number of anilines is 1. The van der Waals surface area contributed by atoms with Crippen LogP contribution < -0.4 is 10.6 Å². The van der Waals surface area contributed by atoms with Crippen LogP contribution in [0.25, 0.3) is 0 Å². The van der Waals surface area contributed by atoms with Crippen molar-refractivity contribution in [2.24, 2.45) is 5.41 Å². The number of benzene rings is 1. The van der Waals surface area contributed by atoms with Gasteiger partial charge in [-0.3, -0.25) is 4.79 Å². The number of nitrogens with one attached hydrogen (secondary N) is 2. The van der Waals surface area contributed by atoms with Crippen molar-refractivity contribution in [3.63, 3.8) is 0 Å². The number of hydrogen-bond donors (Lipinski definition) is 2. The van der Waals surface area contributed by atoms with E-state index in [1.54, 1.807) is 0 Å². The van der Waals surface area contributed by atoms with Gasteiger partial charge >= 0.3 is 0 Å². The van der Waals surface area contributed by atoms with Crippen molar-refractivity contribution < 1.29 is 4.79 Å². The van der Waals surface area contributed by atoms with Gasteiger partial charge in [0.05, 0.1) is 5.41 Å². The molecule has 0 radical (unpaired) electrons. The summed E-state index contributed by atoms with van der Waals surface area (Å²) in [4.78, 5) is 12.6. The number of amides is 1. The van der Waals surface area contributed by atoms with Crippen LogP contribution in [0.15, 0.2) is 22.7 Å². The number of rotatable bonds is 4. The smallest absolute Gasteiger partial charge is 0.231 e. The van der Waals surface area contributed by atoms with Crippen LogP contribution in [0.1, 0.15) is 31.7 Å². The van der Waals surface area contributed by atoms with Crippen molar-refractivity contribution in [3.8, 4) is 0 Å². The Kier molecular flexibility index (Phi) is 4.63. The first-order valence-corrected chi connectivity index (χ1v) is 7.65. The summed E-state index contributed by atoms with van der Waals surface area (Å²) in [5.41, 5.74) is 1.81. The molecule has 0 aliphatic carbocycles. The van der Waals surface area contributed by atoms with Crippen molar-refractivity contribution >= 4 is 27.5 Å². The number of hydrogen-bond acceptors (Lipinski definition) is 2. The summed E-state index contributed by atoms with van der Waals surface area (Å²) in [5.74, 6) is 0.148. The van der Waals surface area contributed by atoms with Gasteiger partial charge in [0.15, 0.2) is 0 Å². The van der Waals surface area contributed by atoms with Gasteiger partial charge in [0.1, 0.15) is 0 Å². The summed E-state index contributed by atoms with van der Waals surface area (Å²) in [5, 5.41) is 6.38. The van der Waals surface area contributed by atoms with Crippen molar-refractivity contribution in [2.75, 3.05) is 18.4 Å². The molecule has 1 unspecified atom stereocenters. The molecule has 1 aliphatic rings. The van der Waals surface area contributed by atoms with Crippen LogP contribution in [0, 0.1) is 12.3 Å². The highest BCUT2D eigenvalue weighted by Crippen LogP contribution is 2.33. The molecule has 1 fully saturated rings. The maximum Gasteiger partial charge on any atom is 0.231 e. The minimum Gasteiger partial charge on any atom is -0.326 e. The summed E-state index contributed by atoms with van der Waals surface area (Å²) in [6.45, 7) is 5.90. The average molecular weight is 325 g/mol. The van der Waals surface area contributed by atoms with Crippen LogP contribution in [0.2, 0.25) is 0 Å². The third-order valence-electron chi connectivity index (χ3n) is 3.88. The van der Waals surface area contributed by atoms with Crippen LogP contribution in [0.4, 0.5) is 5.69 Å². The molecular formula is C15H21BrN2O. The molecule has 1 aromatic carbocycles. The van der Waals surface area contributed by atoms with E-state index < -0.39 is 0 Å². The van der Waals surface area contributed by atoms with Crippen LogP contribution in [-0.2, 0) is 4.79 Å². The predicted octanol–water partition coefficient (Wildman–Crippen LogP) is 3.48. The second-order valence-electron chi connectivity index (χ2n) is 5.38. The van der Waals surface area contributed by atoms with Gasteiger partial charge in [0, 0.05) is 16.7 Å². The average Bonchev–Trinajstić information content (AvgIpc) is 2.84. The number of carbonyl (C=O) groups is 1. The zero-order chi connectivity index (χ0) is 13.9. The highest BCUT2D eigenvalue weighted by molar-refractivity contribution is 9.10. The molecule has 2 N–H and O–H groups in total. The molecule has 1 atom stereocenters. The Morgan fingerprint density at radius 1 is 1.53 bits per heavy atom. The van der Waals surface area contributed by atoms with Crippen molar-refractivity contribution in [1.29, 1.82) is 0 Å². The van der Waals surface area contributed by atoms with E-state index in [9.17, 15) is 4.79 Å². The van der Waals surface area contributed by atoms with Gasteiger partial charge in [-0.05, 0) is 44.0 Å². The Bertz CT molecular complexity index is 467. The summed E-state index contributed by atoms with van der Waals surface area (Å²) in [7, 11) is 0. The van der Waals surface area contributed by atoms with Crippen molar-refractivity contribution in [3.05, 3.63) is 28.2 Å². The fourth-order valence-electron chi connectivity index (χ4n) is 2.68. The Labute approximate surface area is 123 Å². The van der Waals surface area contributed by atoms with Gasteiger partial charge in [0.2, 0.25) is 5.91 Å². The first kappa shape index (κ1) is 14.5. The van der Waals surface area contributed by atoms with Gasteiger partial charge in [-0.1, -0.05) is 35.3 Å². The summed E-state index contributed by atoms with van der Waals surface area (Å²) in [6, 6.07) is 5.94. The standard InChI is InChI=1S/C15H21BrN2O/c1-3-6-15(7-8-17-10-15)14(19)18-12-5-4-11(2)13(16)9-12/h4-5,9,17H,3,6-8,10H2,1-2H3,(H,18,19). The van der Waals surface area contributed by atoms with Gasteiger partial charge in [-0.2, -0.15) is 0 Å². The first-order chi connectivity index (χ1) is 9.07. The summed E-state index contributed by atoms with van der Waals surface area (Å²) >= 11 is 3.50. The van der Waals surface area contributed by atoms with Gasteiger partial charge < -0.3 is 10.6 Å². The number of halogens is 1. The number of aryl methyl sites for hydroxylation is 1. The Balaban J connectivity index is 2.12. The van der Waals surface area contributed by atoms with Crippen molar-refractivity contribution in [2.45, 2.75) is 33.1 Å². The maximum absolute atomic E-state index is 12.6. The molecule has 104 valence electrons. The van der Waals surface area contributed by atoms with Crippen molar-refractivity contribution in [1.82, 2.24) is 5.32 Å². The largest absolute Gasteiger partial charge is 0.326 e. The Morgan fingerprint density at radius 3 is 2.89 bits per heavy atom. The molecule has 0 saturated carbocycles. The second-order valence-corrected chi connectivity index (χ2v) is 6.23. The molecule has 1 heterocycles. The zero-order valence-corrected chi connectivity index (χ0v) is 13.1. The number of carbonyl (C=O) groups excluding carboxylic acids is 1. The van der Waals surface area contributed by atoms with Gasteiger partial charge in [0.25, 0.3) is 0 Å². The monoisotopic (exact) mass is 324 g/mol. The molecule has 1 amide bonds. The topological polar surface area (TPSA) is 41.1 Å². The molecule has 0 spiro atoms. The lowest BCUT2D eigenvalue weighted by molar-refractivity contribution is -0.125. The van der Waals surface area contributed by atoms with E-state index in [4.69, 9.17) is 0 Å². The molecule has 2 rings (SSSR count). The first-order valence-electron chi connectivity index (χ1n) is 6.86. The third-order valence-corrected chi connectivity index (χ3v) is 4.74. The zero-order valence-electron chi connectivity index (χ0n) is 11.6. The fraction of sp³-hybridized carbons (Fsp3) is 0.533. The van der Waals surface area contributed by atoms with E-state index in [1.807, 2.05) is 25.1 Å². The summed E-state index contributed by atoms with van der Waals surface area (Å²) < 4.78 is 1.03.